The lowest BCUT2D eigenvalue weighted by Crippen LogP contribution is -2.21. The third-order valence-electron chi connectivity index (χ3n) is 4.81. The van der Waals surface area contributed by atoms with Gasteiger partial charge in [-0.15, -0.1) is 0 Å². The summed E-state index contributed by atoms with van der Waals surface area (Å²) in [7, 11) is 1.53. The van der Waals surface area contributed by atoms with E-state index in [-0.39, 0.29) is 6.61 Å². The second kappa shape index (κ2) is 7.11. The van der Waals surface area contributed by atoms with Gasteiger partial charge in [0, 0.05) is 0 Å². The minimum atomic E-state index is -0.499. The molecule has 27 heavy (non-hydrogen) atoms. The molecule has 1 aliphatic carbocycles. The van der Waals surface area contributed by atoms with Crippen molar-refractivity contribution in [2.75, 3.05) is 19.0 Å². The fraction of sp³-hybridized carbons (Fsp3) is 0.182. The molecule has 0 saturated carbocycles. The zero-order valence-corrected chi connectivity index (χ0v) is 15.0. The molecular formula is C22H19NO4. The summed E-state index contributed by atoms with van der Waals surface area (Å²) in [6, 6.07) is 16.8. The van der Waals surface area contributed by atoms with Crippen LogP contribution >= 0.6 is 0 Å². The van der Waals surface area contributed by atoms with Gasteiger partial charge in [-0.3, -0.25) is 4.79 Å². The lowest BCUT2D eigenvalue weighted by molar-refractivity contribution is -0.119. The van der Waals surface area contributed by atoms with E-state index in [1.807, 2.05) is 24.3 Å². The predicted molar refractivity (Wildman–Crippen MR) is 103 cm³/mol. The molecule has 0 atom stereocenters. The van der Waals surface area contributed by atoms with E-state index in [4.69, 9.17) is 9.47 Å². The largest absolute Gasteiger partial charge is 0.495 e. The average Bonchev–Trinajstić information content (AvgIpc) is 3.12. The number of carbonyl (C=O) groups excluding carboxylic acids is 2. The highest BCUT2D eigenvalue weighted by molar-refractivity contribution is 6.07. The Morgan fingerprint density at radius 1 is 0.963 bits per heavy atom. The van der Waals surface area contributed by atoms with Crippen LogP contribution in [0.1, 0.15) is 21.5 Å². The maximum Gasteiger partial charge on any atom is 0.339 e. The number of anilines is 1. The average molecular weight is 361 g/mol. The van der Waals surface area contributed by atoms with Crippen molar-refractivity contribution in [3.8, 4) is 5.75 Å². The molecule has 0 bridgehead atoms. The number of methoxy groups -OCH3 is 1. The van der Waals surface area contributed by atoms with Crippen LogP contribution in [0.5, 0.6) is 5.75 Å². The van der Waals surface area contributed by atoms with Crippen LogP contribution in [-0.4, -0.2) is 25.6 Å². The maximum absolute atomic E-state index is 12.6. The Kier molecular flexibility index (Phi) is 4.50. The fourth-order valence-corrected chi connectivity index (χ4v) is 3.57. The summed E-state index contributed by atoms with van der Waals surface area (Å²) >= 11 is 0. The topological polar surface area (TPSA) is 64.6 Å². The van der Waals surface area contributed by atoms with E-state index in [9.17, 15) is 9.59 Å². The lowest BCUT2D eigenvalue weighted by atomic mass is 10.00. The molecular weight excluding hydrogens is 342 g/mol. The van der Waals surface area contributed by atoms with Crippen LogP contribution in [0.4, 0.5) is 5.69 Å². The molecule has 5 heteroatoms. The number of carbonyl (C=O) groups is 2. The number of para-hydroxylation sites is 2. The minimum absolute atomic E-state index is 0.361. The van der Waals surface area contributed by atoms with E-state index in [0.29, 0.717) is 17.0 Å². The Hall–Kier alpha value is -3.34. The van der Waals surface area contributed by atoms with Crippen LogP contribution < -0.4 is 10.1 Å². The summed E-state index contributed by atoms with van der Waals surface area (Å²) in [5, 5.41) is 4.72. The highest BCUT2D eigenvalue weighted by Gasteiger charge is 2.20. The second-order valence-corrected chi connectivity index (χ2v) is 6.44. The lowest BCUT2D eigenvalue weighted by Gasteiger charge is -2.11. The summed E-state index contributed by atoms with van der Waals surface area (Å²) in [5.74, 6) is -0.371. The van der Waals surface area contributed by atoms with E-state index < -0.39 is 11.9 Å². The SMILES string of the molecule is COc1ccccc1NC(=O)COC(=O)c1ccc2c3c(cccc13)CC2. The molecule has 3 aromatic rings. The van der Waals surface area contributed by atoms with Crippen molar-refractivity contribution < 1.29 is 19.1 Å². The first kappa shape index (κ1) is 17.1. The van der Waals surface area contributed by atoms with Crippen LogP contribution in [-0.2, 0) is 22.4 Å². The monoisotopic (exact) mass is 361 g/mol. The molecule has 0 radical (unpaired) electrons. The molecule has 3 aromatic carbocycles. The predicted octanol–water partition coefficient (Wildman–Crippen LogP) is 3.74. The van der Waals surface area contributed by atoms with Crippen molar-refractivity contribution >= 4 is 28.3 Å². The summed E-state index contributed by atoms with van der Waals surface area (Å²) in [5.41, 5.74) is 3.53. The van der Waals surface area contributed by atoms with Crippen LogP contribution in [0.15, 0.2) is 54.6 Å². The van der Waals surface area contributed by atoms with Gasteiger partial charge < -0.3 is 14.8 Å². The molecule has 0 unspecified atom stereocenters. The van der Waals surface area contributed by atoms with Gasteiger partial charge in [0.25, 0.3) is 5.91 Å². The Balaban J connectivity index is 1.47. The van der Waals surface area contributed by atoms with Gasteiger partial charge in [0.1, 0.15) is 5.75 Å². The summed E-state index contributed by atoms with van der Waals surface area (Å²) in [4.78, 5) is 24.7. The Labute approximate surface area is 156 Å². The summed E-state index contributed by atoms with van der Waals surface area (Å²) in [6.45, 7) is -0.361. The molecule has 1 aliphatic rings. The van der Waals surface area contributed by atoms with Gasteiger partial charge in [0.2, 0.25) is 0 Å². The normalized spacial score (nSPS) is 12.0. The number of aryl methyl sites for hydroxylation is 2. The number of amides is 1. The van der Waals surface area contributed by atoms with Crippen LogP contribution in [0, 0.1) is 0 Å². The van der Waals surface area contributed by atoms with Crippen molar-refractivity contribution in [3.63, 3.8) is 0 Å². The van der Waals surface area contributed by atoms with Crippen molar-refractivity contribution in [3.05, 3.63) is 71.3 Å². The van der Waals surface area contributed by atoms with Crippen molar-refractivity contribution in [1.82, 2.24) is 0 Å². The number of esters is 1. The van der Waals surface area contributed by atoms with Crippen molar-refractivity contribution in [2.45, 2.75) is 12.8 Å². The van der Waals surface area contributed by atoms with Crippen LogP contribution in [0.3, 0.4) is 0 Å². The third kappa shape index (κ3) is 3.24. The molecule has 0 spiro atoms. The minimum Gasteiger partial charge on any atom is -0.495 e. The quantitative estimate of drug-likeness (QED) is 0.703. The zero-order valence-electron chi connectivity index (χ0n) is 15.0. The first-order chi connectivity index (χ1) is 13.2. The highest BCUT2D eigenvalue weighted by atomic mass is 16.5. The molecule has 0 fully saturated rings. The van der Waals surface area contributed by atoms with Crippen LogP contribution in [0.2, 0.25) is 0 Å². The first-order valence-electron chi connectivity index (χ1n) is 8.81. The number of rotatable bonds is 5. The first-order valence-corrected chi connectivity index (χ1v) is 8.81. The van der Waals surface area contributed by atoms with E-state index >= 15 is 0 Å². The molecule has 1 amide bonds. The molecule has 0 aromatic heterocycles. The number of benzene rings is 3. The molecule has 1 N–H and O–H groups in total. The molecule has 0 heterocycles. The van der Waals surface area contributed by atoms with Gasteiger partial charge in [-0.1, -0.05) is 36.4 Å². The fourth-order valence-electron chi connectivity index (χ4n) is 3.57. The molecule has 0 saturated heterocycles. The number of hydrogen-bond donors (Lipinski definition) is 1. The molecule has 5 nitrogen and oxygen atoms in total. The van der Waals surface area contributed by atoms with E-state index in [1.165, 1.54) is 18.2 Å². The Morgan fingerprint density at radius 3 is 2.56 bits per heavy atom. The number of ether oxygens (including phenoxy) is 2. The maximum atomic E-state index is 12.6. The van der Waals surface area contributed by atoms with Gasteiger partial charge in [-0.25, -0.2) is 4.79 Å². The van der Waals surface area contributed by atoms with Gasteiger partial charge >= 0.3 is 5.97 Å². The van der Waals surface area contributed by atoms with Gasteiger partial charge in [-0.05, 0) is 52.9 Å². The van der Waals surface area contributed by atoms with E-state index in [2.05, 4.69) is 11.4 Å². The standard InChI is InChI=1S/C22H19NO4/c1-26-19-8-3-2-7-18(19)23-20(24)13-27-22(25)17-12-11-15-10-9-14-5-4-6-16(17)21(14)15/h2-8,11-12H,9-10,13H2,1H3,(H,23,24). The van der Waals surface area contributed by atoms with Crippen LogP contribution in [0.25, 0.3) is 10.8 Å². The molecule has 136 valence electrons. The van der Waals surface area contributed by atoms with Gasteiger partial charge in [-0.2, -0.15) is 0 Å². The van der Waals surface area contributed by atoms with Crippen molar-refractivity contribution in [1.29, 1.82) is 0 Å². The highest BCUT2D eigenvalue weighted by Crippen LogP contribution is 2.33. The summed E-state index contributed by atoms with van der Waals surface area (Å²) in [6.07, 6.45) is 1.99. The molecule has 0 aliphatic heterocycles. The van der Waals surface area contributed by atoms with Crippen molar-refractivity contribution in [2.24, 2.45) is 0 Å². The van der Waals surface area contributed by atoms with E-state index in [0.717, 1.165) is 23.6 Å². The Morgan fingerprint density at radius 2 is 1.74 bits per heavy atom. The Bertz CT molecular complexity index is 1030. The van der Waals surface area contributed by atoms with Gasteiger partial charge in [0.15, 0.2) is 6.61 Å². The smallest absolute Gasteiger partial charge is 0.339 e. The number of nitrogens with one attached hydrogen (secondary N) is 1. The number of hydrogen-bond acceptors (Lipinski definition) is 4. The van der Waals surface area contributed by atoms with Gasteiger partial charge in [0.05, 0.1) is 18.4 Å². The molecule has 4 rings (SSSR count). The zero-order chi connectivity index (χ0) is 18.8. The van der Waals surface area contributed by atoms with E-state index in [1.54, 1.807) is 24.3 Å². The summed E-state index contributed by atoms with van der Waals surface area (Å²) < 4.78 is 10.4. The second-order valence-electron chi connectivity index (χ2n) is 6.44. The third-order valence-corrected chi connectivity index (χ3v) is 4.81.